The fraction of sp³-hybridized carbons (Fsp3) is 0.533. The number of hydrogen-bond acceptors (Lipinski definition) is 3. The molecular formula is C15H20O3. The van der Waals surface area contributed by atoms with Gasteiger partial charge in [0.1, 0.15) is 0 Å². The third kappa shape index (κ3) is 3.57. The second-order valence-corrected chi connectivity index (χ2v) is 5.40. The van der Waals surface area contributed by atoms with Gasteiger partial charge in [-0.2, -0.15) is 0 Å². The van der Waals surface area contributed by atoms with Crippen LogP contribution < -0.4 is 0 Å². The maximum Gasteiger partial charge on any atom is 0.338 e. The molecule has 0 heterocycles. The molecule has 0 atom stereocenters. The van der Waals surface area contributed by atoms with E-state index in [4.69, 9.17) is 4.74 Å². The number of benzene rings is 1. The molecule has 0 amide bonds. The zero-order valence-corrected chi connectivity index (χ0v) is 10.8. The van der Waals surface area contributed by atoms with E-state index in [1.165, 1.54) is 0 Å². The first-order valence-corrected chi connectivity index (χ1v) is 6.51. The Labute approximate surface area is 108 Å². The number of carbonyl (C=O) groups is 1. The van der Waals surface area contributed by atoms with Gasteiger partial charge >= 0.3 is 5.97 Å². The molecule has 1 aromatic carbocycles. The molecular weight excluding hydrogens is 228 g/mol. The molecule has 0 unspecified atom stereocenters. The predicted molar refractivity (Wildman–Crippen MR) is 69.3 cm³/mol. The van der Waals surface area contributed by atoms with Crippen LogP contribution in [0.4, 0.5) is 0 Å². The molecule has 1 saturated carbocycles. The van der Waals surface area contributed by atoms with Gasteiger partial charge in [-0.1, -0.05) is 18.2 Å². The van der Waals surface area contributed by atoms with Crippen molar-refractivity contribution in [2.75, 3.05) is 6.61 Å². The lowest BCUT2D eigenvalue weighted by molar-refractivity contribution is -0.00646. The average Bonchev–Trinajstić information content (AvgIpc) is 2.38. The van der Waals surface area contributed by atoms with Gasteiger partial charge in [-0.15, -0.1) is 0 Å². The van der Waals surface area contributed by atoms with Crippen LogP contribution in [-0.4, -0.2) is 23.3 Å². The van der Waals surface area contributed by atoms with Gasteiger partial charge in [0.05, 0.1) is 17.8 Å². The van der Waals surface area contributed by atoms with Crippen molar-refractivity contribution < 1.29 is 14.6 Å². The number of hydrogen-bond donors (Lipinski definition) is 1. The minimum atomic E-state index is -0.528. The Bertz CT molecular complexity index is 387. The summed E-state index contributed by atoms with van der Waals surface area (Å²) in [6, 6.07) is 9.05. The molecule has 0 saturated heterocycles. The van der Waals surface area contributed by atoms with Crippen molar-refractivity contribution in [1.82, 2.24) is 0 Å². The Morgan fingerprint density at radius 3 is 2.56 bits per heavy atom. The molecule has 1 aromatic rings. The lowest BCUT2D eigenvalue weighted by Crippen LogP contribution is -2.32. The van der Waals surface area contributed by atoms with Gasteiger partial charge in [0.15, 0.2) is 0 Å². The maximum atomic E-state index is 11.7. The van der Waals surface area contributed by atoms with E-state index in [0.717, 1.165) is 25.7 Å². The fourth-order valence-corrected chi connectivity index (χ4v) is 2.32. The Hall–Kier alpha value is -1.35. The van der Waals surface area contributed by atoms with E-state index in [-0.39, 0.29) is 5.97 Å². The highest BCUT2D eigenvalue weighted by molar-refractivity contribution is 5.89. The monoisotopic (exact) mass is 248 g/mol. The van der Waals surface area contributed by atoms with E-state index in [1.807, 2.05) is 25.1 Å². The summed E-state index contributed by atoms with van der Waals surface area (Å²) in [6.07, 6.45) is 3.44. The lowest BCUT2D eigenvalue weighted by atomic mass is 9.80. The molecule has 1 aliphatic rings. The zero-order chi connectivity index (χ0) is 13.0. The van der Waals surface area contributed by atoms with E-state index in [1.54, 1.807) is 12.1 Å². The van der Waals surface area contributed by atoms with Crippen LogP contribution in [0.2, 0.25) is 0 Å². The van der Waals surface area contributed by atoms with Gasteiger partial charge in [0.2, 0.25) is 0 Å². The Morgan fingerprint density at radius 2 is 1.94 bits per heavy atom. The van der Waals surface area contributed by atoms with Gasteiger partial charge in [0, 0.05) is 0 Å². The van der Waals surface area contributed by atoms with Crippen LogP contribution in [0.5, 0.6) is 0 Å². The first kappa shape index (κ1) is 13.1. The number of esters is 1. The van der Waals surface area contributed by atoms with Crippen LogP contribution in [0.3, 0.4) is 0 Å². The van der Waals surface area contributed by atoms with Crippen molar-refractivity contribution in [1.29, 1.82) is 0 Å². The molecule has 2 rings (SSSR count). The van der Waals surface area contributed by atoms with E-state index in [2.05, 4.69) is 0 Å². The average molecular weight is 248 g/mol. The first-order chi connectivity index (χ1) is 8.57. The minimum absolute atomic E-state index is 0.257. The molecule has 1 aliphatic carbocycles. The van der Waals surface area contributed by atoms with Gasteiger partial charge in [-0.05, 0) is 50.7 Å². The minimum Gasteiger partial charge on any atom is -0.462 e. The van der Waals surface area contributed by atoms with Gasteiger partial charge in [0.25, 0.3) is 0 Å². The van der Waals surface area contributed by atoms with E-state index in [0.29, 0.717) is 18.1 Å². The number of carbonyl (C=O) groups excluding carboxylic acids is 1. The molecule has 98 valence electrons. The van der Waals surface area contributed by atoms with Crippen LogP contribution in [0.15, 0.2) is 30.3 Å². The first-order valence-electron chi connectivity index (χ1n) is 6.51. The van der Waals surface area contributed by atoms with Crippen molar-refractivity contribution >= 4 is 5.97 Å². The molecule has 0 aromatic heterocycles. The normalized spacial score (nSPS) is 27.8. The van der Waals surface area contributed by atoms with Crippen molar-refractivity contribution in [3.63, 3.8) is 0 Å². The predicted octanol–water partition coefficient (Wildman–Crippen LogP) is 2.78. The Morgan fingerprint density at radius 1 is 1.33 bits per heavy atom. The van der Waals surface area contributed by atoms with Crippen molar-refractivity contribution in [2.45, 2.75) is 38.2 Å². The SMILES string of the molecule is CC1(O)CCC(COC(=O)c2ccccc2)CC1. The van der Waals surface area contributed by atoms with Crippen LogP contribution in [0, 0.1) is 5.92 Å². The number of aliphatic hydroxyl groups is 1. The molecule has 1 fully saturated rings. The van der Waals surface area contributed by atoms with E-state index < -0.39 is 5.60 Å². The summed E-state index contributed by atoms with van der Waals surface area (Å²) in [4.78, 5) is 11.7. The highest BCUT2D eigenvalue weighted by Gasteiger charge is 2.29. The van der Waals surface area contributed by atoms with E-state index >= 15 is 0 Å². The highest BCUT2D eigenvalue weighted by atomic mass is 16.5. The smallest absolute Gasteiger partial charge is 0.338 e. The zero-order valence-electron chi connectivity index (χ0n) is 10.8. The van der Waals surface area contributed by atoms with Crippen molar-refractivity contribution in [3.05, 3.63) is 35.9 Å². The standard InChI is InChI=1S/C15H20O3/c1-15(17)9-7-12(8-10-15)11-18-14(16)13-5-3-2-4-6-13/h2-6,12,17H,7-11H2,1H3. The van der Waals surface area contributed by atoms with Gasteiger partial charge < -0.3 is 9.84 Å². The molecule has 0 radical (unpaired) electrons. The highest BCUT2D eigenvalue weighted by Crippen LogP contribution is 2.31. The number of ether oxygens (including phenoxy) is 1. The number of rotatable bonds is 3. The Balaban J connectivity index is 1.78. The molecule has 18 heavy (non-hydrogen) atoms. The summed E-state index contributed by atoms with van der Waals surface area (Å²) in [5.74, 6) is 0.130. The molecule has 3 heteroatoms. The quantitative estimate of drug-likeness (QED) is 0.837. The van der Waals surface area contributed by atoms with Gasteiger partial charge in [-0.25, -0.2) is 4.79 Å². The second kappa shape index (κ2) is 5.53. The van der Waals surface area contributed by atoms with Crippen LogP contribution >= 0.6 is 0 Å². The third-order valence-corrected chi connectivity index (χ3v) is 3.64. The molecule has 0 aliphatic heterocycles. The summed E-state index contributed by atoms with van der Waals surface area (Å²) in [6.45, 7) is 2.34. The summed E-state index contributed by atoms with van der Waals surface area (Å²) < 4.78 is 5.32. The third-order valence-electron chi connectivity index (χ3n) is 3.64. The van der Waals surface area contributed by atoms with E-state index in [9.17, 15) is 9.90 Å². The molecule has 0 spiro atoms. The summed E-state index contributed by atoms with van der Waals surface area (Å²) in [5, 5.41) is 9.84. The van der Waals surface area contributed by atoms with Crippen molar-refractivity contribution in [3.8, 4) is 0 Å². The van der Waals surface area contributed by atoms with Crippen LogP contribution in [0.1, 0.15) is 43.0 Å². The topological polar surface area (TPSA) is 46.5 Å². The summed E-state index contributed by atoms with van der Waals surface area (Å²) in [7, 11) is 0. The molecule has 3 nitrogen and oxygen atoms in total. The van der Waals surface area contributed by atoms with Crippen molar-refractivity contribution in [2.24, 2.45) is 5.92 Å². The summed E-state index contributed by atoms with van der Waals surface area (Å²) in [5.41, 5.74) is 0.0697. The second-order valence-electron chi connectivity index (χ2n) is 5.40. The maximum absolute atomic E-state index is 11.7. The molecule has 1 N–H and O–H groups in total. The molecule has 0 bridgehead atoms. The lowest BCUT2D eigenvalue weighted by Gasteiger charge is -2.32. The Kier molecular flexibility index (Phi) is 4.02. The van der Waals surface area contributed by atoms with Crippen LogP contribution in [-0.2, 0) is 4.74 Å². The summed E-state index contributed by atoms with van der Waals surface area (Å²) >= 11 is 0. The van der Waals surface area contributed by atoms with Gasteiger partial charge in [-0.3, -0.25) is 0 Å². The fourth-order valence-electron chi connectivity index (χ4n) is 2.32. The largest absolute Gasteiger partial charge is 0.462 e. The van der Waals surface area contributed by atoms with Crippen LogP contribution in [0.25, 0.3) is 0 Å².